The summed E-state index contributed by atoms with van der Waals surface area (Å²) in [5, 5.41) is 2.94. The minimum Gasteiger partial charge on any atom is -0.376 e. The maximum absolute atomic E-state index is 11.3. The molecule has 4 atom stereocenters. The van der Waals surface area contributed by atoms with E-state index in [0.29, 0.717) is 12.5 Å². The molecule has 0 aliphatic heterocycles. The first-order chi connectivity index (χ1) is 7.89. The molecule has 1 aliphatic carbocycles. The normalized spacial score (nSPS) is 33.1. The molecule has 100 valence electrons. The van der Waals surface area contributed by atoms with Crippen LogP contribution in [0.4, 0.5) is 0 Å². The Bertz CT molecular complexity index is 270. The molecule has 3 N–H and O–H groups in total. The highest BCUT2D eigenvalue weighted by molar-refractivity contribution is 5.84. The van der Waals surface area contributed by atoms with Crippen LogP contribution in [0, 0.1) is 11.8 Å². The van der Waals surface area contributed by atoms with Crippen molar-refractivity contribution in [2.75, 3.05) is 13.7 Å². The zero-order chi connectivity index (χ0) is 13.1. The number of amides is 1. The van der Waals surface area contributed by atoms with E-state index in [4.69, 9.17) is 10.5 Å². The molecule has 4 unspecified atom stereocenters. The van der Waals surface area contributed by atoms with E-state index >= 15 is 0 Å². The van der Waals surface area contributed by atoms with Gasteiger partial charge in [-0.25, -0.2) is 0 Å². The summed E-state index contributed by atoms with van der Waals surface area (Å²) in [6, 6.07) is 0. The molecule has 1 amide bonds. The maximum atomic E-state index is 11.3. The van der Waals surface area contributed by atoms with E-state index in [2.05, 4.69) is 19.2 Å². The third-order valence-corrected chi connectivity index (χ3v) is 4.25. The minimum atomic E-state index is -0.758. The number of rotatable bonds is 5. The Labute approximate surface area is 104 Å². The summed E-state index contributed by atoms with van der Waals surface area (Å²) in [7, 11) is 1.74. The van der Waals surface area contributed by atoms with E-state index in [-0.39, 0.29) is 12.0 Å². The Morgan fingerprint density at radius 3 is 2.53 bits per heavy atom. The van der Waals surface area contributed by atoms with E-state index in [9.17, 15) is 4.79 Å². The fraction of sp³-hybridized carbons (Fsp3) is 0.923. The molecule has 0 aromatic heterocycles. The van der Waals surface area contributed by atoms with Crippen molar-refractivity contribution in [2.24, 2.45) is 17.6 Å². The van der Waals surface area contributed by atoms with Crippen LogP contribution in [-0.2, 0) is 9.53 Å². The van der Waals surface area contributed by atoms with Crippen molar-refractivity contribution in [3.63, 3.8) is 0 Å². The van der Waals surface area contributed by atoms with Crippen LogP contribution < -0.4 is 11.1 Å². The van der Waals surface area contributed by atoms with Gasteiger partial charge in [0, 0.05) is 0 Å². The molecule has 0 aromatic rings. The van der Waals surface area contributed by atoms with Gasteiger partial charge >= 0.3 is 0 Å². The Balaban J connectivity index is 2.43. The number of carbonyl (C=O) groups excluding carboxylic acids is 1. The van der Waals surface area contributed by atoms with Gasteiger partial charge in [-0.15, -0.1) is 0 Å². The molecule has 4 heteroatoms. The molecule has 4 nitrogen and oxygen atoms in total. The van der Waals surface area contributed by atoms with Gasteiger partial charge in [-0.05, 0) is 45.1 Å². The van der Waals surface area contributed by atoms with E-state index in [1.807, 2.05) is 0 Å². The summed E-state index contributed by atoms with van der Waals surface area (Å²) in [4.78, 5) is 11.3. The molecular formula is C13H26N2O2. The molecule has 0 radical (unpaired) electrons. The fourth-order valence-corrected chi connectivity index (χ4v) is 2.20. The number of ether oxygens (including phenoxy) is 1. The van der Waals surface area contributed by atoms with Crippen LogP contribution >= 0.6 is 0 Å². The predicted octanol–water partition coefficient (Wildman–Crippen LogP) is 1.29. The minimum absolute atomic E-state index is 0.272. The van der Waals surface area contributed by atoms with Gasteiger partial charge in [-0.3, -0.25) is 4.79 Å². The first kappa shape index (κ1) is 14.5. The highest BCUT2D eigenvalue weighted by Gasteiger charge is 2.32. The molecule has 1 aliphatic rings. The first-order valence-electron chi connectivity index (χ1n) is 6.49. The third-order valence-electron chi connectivity index (χ3n) is 4.25. The number of nitrogens with two attached hydrogens (primary N) is 1. The molecular weight excluding hydrogens is 216 g/mol. The zero-order valence-electron chi connectivity index (χ0n) is 11.5. The molecule has 0 aromatic carbocycles. The Morgan fingerprint density at radius 2 is 2.06 bits per heavy atom. The second-order valence-electron chi connectivity index (χ2n) is 5.65. The lowest BCUT2D eigenvalue weighted by atomic mass is 9.80. The Morgan fingerprint density at radius 1 is 1.41 bits per heavy atom. The van der Waals surface area contributed by atoms with Gasteiger partial charge in [0.1, 0.15) is 5.54 Å². The number of carbonyl (C=O) groups is 1. The molecule has 0 spiro atoms. The van der Waals surface area contributed by atoms with Gasteiger partial charge in [-0.2, -0.15) is 0 Å². The molecule has 0 bridgehead atoms. The summed E-state index contributed by atoms with van der Waals surface area (Å²) in [5.41, 5.74) is 4.61. The first-order valence-corrected chi connectivity index (χ1v) is 6.49. The molecule has 17 heavy (non-hydrogen) atoms. The molecule has 0 heterocycles. The van der Waals surface area contributed by atoms with Crippen molar-refractivity contribution in [2.45, 2.75) is 51.7 Å². The van der Waals surface area contributed by atoms with Gasteiger partial charge in [0.2, 0.25) is 5.91 Å². The lowest BCUT2D eigenvalue weighted by molar-refractivity contribution is -0.127. The molecule has 1 rings (SSSR count). The lowest BCUT2D eigenvalue weighted by Crippen LogP contribution is -2.55. The van der Waals surface area contributed by atoms with Gasteiger partial charge in [-0.1, -0.05) is 13.8 Å². The van der Waals surface area contributed by atoms with Gasteiger partial charge in [0.25, 0.3) is 0 Å². The summed E-state index contributed by atoms with van der Waals surface area (Å²) in [6.45, 7) is 6.70. The number of hydrogen-bond donors (Lipinski definition) is 2. The monoisotopic (exact) mass is 242 g/mol. The lowest BCUT2D eigenvalue weighted by Gasteiger charge is -2.34. The second-order valence-corrected chi connectivity index (χ2v) is 5.65. The largest absolute Gasteiger partial charge is 0.376 e. The SMILES string of the molecule is CNC(C)(COC1CCC(C)C(C)C1)C(N)=O. The van der Waals surface area contributed by atoms with E-state index in [1.54, 1.807) is 14.0 Å². The zero-order valence-corrected chi connectivity index (χ0v) is 11.5. The van der Waals surface area contributed by atoms with E-state index < -0.39 is 5.54 Å². The summed E-state index contributed by atoms with van der Waals surface area (Å²) < 4.78 is 5.86. The van der Waals surface area contributed by atoms with Crippen molar-refractivity contribution < 1.29 is 9.53 Å². The van der Waals surface area contributed by atoms with Crippen LogP contribution in [-0.4, -0.2) is 31.2 Å². The van der Waals surface area contributed by atoms with Crippen LogP contribution in [0.1, 0.15) is 40.0 Å². The average molecular weight is 242 g/mol. The topological polar surface area (TPSA) is 64.3 Å². The highest BCUT2D eigenvalue weighted by Crippen LogP contribution is 2.31. The van der Waals surface area contributed by atoms with Crippen molar-refractivity contribution in [3.05, 3.63) is 0 Å². The highest BCUT2D eigenvalue weighted by atomic mass is 16.5. The Hall–Kier alpha value is -0.610. The summed E-state index contributed by atoms with van der Waals surface area (Å²) in [5.74, 6) is 1.11. The van der Waals surface area contributed by atoms with Gasteiger partial charge < -0.3 is 15.8 Å². The van der Waals surface area contributed by atoms with Crippen molar-refractivity contribution in [3.8, 4) is 0 Å². The van der Waals surface area contributed by atoms with Crippen LogP contribution in [0.15, 0.2) is 0 Å². The van der Waals surface area contributed by atoms with Gasteiger partial charge in [0.15, 0.2) is 0 Å². The van der Waals surface area contributed by atoms with Crippen LogP contribution in [0.2, 0.25) is 0 Å². The second kappa shape index (κ2) is 5.83. The fourth-order valence-electron chi connectivity index (χ4n) is 2.20. The van der Waals surface area contributed by atoms with Crippen molar-refractivity contribution in [1.29, 1.82) is 0 Å². The number of nitrogens with one attached hydrogen (secondary N) is 1. The summed E-state index contributed by atoms with van der Waals surface area (Å²) in [6.07, 6.45) is 3.65. The predicted molar refractivity (Wildman–Crippen MR) is 68.6 cm³/mol. The quantitative estimate of drug-likeness (QED) is 0.763. The average Bonchev–Trinajstić information content (AvgIpc) is 2.30. The molecule has 1 fully saturated rings. The van der Waals surface area contributed by atoms with Crippen molar-refractivity contribution in [1.82, 2.24) is 5.32 Å². The maximum Gasteiger partial charge on any atom is 0.239 e. The van der Waals surface area contributed by atoms with Crippen LogP contribution in [0.3, 0.4) is 0 Å². The number of primary amides is 1. The van der Waals surface area contributed by atoms with Crippen LogP contribution in [0.25, 0.3) is 0 Å². The third kappa shape index (κ3) is 3.68. The van der Waals surface area contributed by atoms with Gasteiger partial charge in [0.05, 0.1) is 12.7 Å². The van der Waals surface area contributed by atoms with E-state index in [1.165, 1.54) is 6.42 Å². The van der Waals surface area contributed by atoms with E-state index in [0.717, 1.165) is 18.8 Å². The molecule has 0 saturated heterocycles. The number of hydrogen-bond acceptors (Lipinski definition) is 3. The standard InChI is InChI=1S/C13H26N2O2/c1-9-5-6-11(7-10(9)2)17-8-13(3,15-4)12(14)16/h9-11,15H,5-8H2,1-4H3,(H2,14,16). The molecule has 1 saturated carbocycles. The number of likely N-dealkylation sites (N-methyl/N-ethyl adjacent to an activating group) is 1. The summed E-state index contributed by atoms with van der Waals surface area (Å²) >= 11 is 0. The smallest absolute Gasteiger partial charge is 0.239 e. The van der Waals surface area contributed by atoms with Crippen LogP contribution in [0.5, 0.6) is 0 Å². The van der Waals surface area contributed by atoms with Crippen molar-refractivity contribution >= 4 is 5.91 Å². The Kier molecular flexibility index (Phi) is 4.95.